The van der Waals surface area contributed by atoms with Crippen LogP contribution in [0, 0.1) is 0 Å². The van der Waals surface area contributed by atoms with Crippen molar-refractivity contribution < 1.29 is 4.74 Å². The molecule has 0 atom stereocenters. The lowest BCUT2D eigenvalue weighted by molar-refractivity contribution is 0.415. The summed E-state index contributed by atoms with van der Waals surface area (Å²) in [6, 6.07) is 11.7. The highest BCUT2D eigenvalue weighted by molar-refractivity contribution is 5.91. The van der Waals surface area contributed by atoms with Crippen molar-refractivity contribution in [2.75, 3.05) is 12.4 Å². The summed E-state index contributed by atoms with van der Waals surface area (Å²) in [5, 5.41) is 4.37. The Morgan fingerprint density at radius 1 is 1.11 bits per heavy atom. The summed E-state index contributed by atoms with van der Waals surface area (Å²) in [4.78, 5) is 7.52. The second-order valence-corrected chi connectivity index (χ2v) is 3.95. The second-order valence-electron chi connectivity index (χ2n) is 3.95. The van der Waals surface area contributed by atoms with Crippen LogP contribution in [0.2, 0.25) is 0 Å². The molecule has 0 saturated heterocycles. The SMILES string of the molecule is COc1ccc(Nc2nccc3[nH]ccc23)cc1. The number of hydrogen-bond donors (Lipinski definition) is 2. The Kier molecular flexibility index (Phi) is 2.61. The highest BCUT2D eigenvalue weighted by atomic mass is 16.5. The number of benzene rings is 1. The van der Waals surface area contributed by atoms with E-state index in [1.54, 1.807) is 13.3 Å². The van der Waals surface area contributed by atoms with Crippen LogP contribution in [-0.4, -0.2) is 17.1 Å². The number of H-pyrrole nitrogens is 1. The van der Waals surface area contributed by atoms with Gasteiger partial charge in [-0.3, -0.25) is 0 Å². The van der Waals surface area contributed by atoms with Gasteiger partial charge in [-0.05, 0) is 36.4 Å². The number of methoxy groups -OCH3 is 1. The van der Waals surface area contributed by atoms with Crippen LogP contribution in [0.3, 0.4) is 0 Å². The summed E-state index contributed by atoms with van der Waals surface area (Å²) in [5.41, 5.74) is 2.05. The van der Waals surface area contributed by atoms with E-state index in [1.165, 1.54) is 0 Å². The molecule has 0 aliphatic heterocycles. The number of hydrogen-bond acceptors (Lipinski definition) is 3. The number of nitrogens with zero attached hydrogens (tertiary/aromatic N) is 1. The summed E-state index contributed by atoms with van der Waals surface area (Å²) in [6.45, 7) is 0. The molecule has 0 aliphatic rings. The van der Waals surface area contributed by atoms with Crippen molar-refractivity contribution in [1.82, 2.24) is 9.97 Å². The summed E-state index contributed by atoms with van der Waals surface area (Å²) in [6.07, 6.45) is 3.69. The lowest BCUT2D eigenvalue weighted by atomic mass is 10.2. The number of rotatable bonds is 3. The van der Waals surface area contributed by atoms with Gasteiger partial charge in [0.05, 0.1) is 12.6 Å². The highest BCUT2D eigenvalue weighted by Crippen LogP contribution is 2.24. The first-order valence-electron chi connectivity index (χ1n) is 5.70. The van der Waals surface area contributed by atoms with Crippen LogP contribution in [0.15, 0.2) is 48.8 Å². The van der Waals surface area contributed by atoms with Gasteiger partial charge in [-0.2, -0.15) is 0 Å². The van der Waals surface area contributed by atoms with Gasteiger partial charge >= 0.3 is 0 Å². The van der Waals surface area contributed by atoms with Crippen LogP contribution < -0.4 is 10.1 Å². The molecule has 0 spiro atoms. The number of fused-ring (bicyclic) bond motifs is 1. The largest absolute Gasteiger partial charge is 0.497 e. The van der Waals surface area contributed by atoms with E-state index in [9.17, 15) is 0 Å². The minimum atomic E-state index is 0.841. The fourth-order valence-electron chi connectivity index (χ4n) is 1.89. The number of aromatic amines is 1. The smallest absolute Gasteiger partial charge is 0.139 e. The Bertz CT molecular complexity index is 658. The first kappa shape index (κ1) is 10.7. The van der Waals surface area contributed by atoms with Crippen molar-refractivity contribution in [1.29, 1.82) is 0 Å². The molecule has 3 rings (SSSR count). The topological polar surface area (TPSA) is 49.9 Å². The lowest BCUT2D eigenvalue weighted by Gasteiger charge is -2.07. The standard InChI is InChI=1S/C14H13N3O/c1-18-11-4-2-10(3-5-11)17-14-12-6-8-15-13(12)7-9-16-14/h2-9,15H,1H3,(H,16,17). The zero-order valence-electron chi connectivity index (χ0n) is 9.97. The molecule has 0 fully saturated rings. The third kappa shape index (κ3) is 1.88. The number of anilines is 2. The molecule has 0 radical (unpaired) electrons. The Morgan fingerprint density at radius 3 is 2.72 bits per heavy atom. The molecule has 2 aromatic heterocycles. The molecule has 3 aromatic rings. The molecule has 0 bridgehead atoms. The van der Waals surface area contributed by atoms with Crippen LogP contribution in [-0.2, 0) is 0 Å². The predicted octanol–water partition coefficient (Wildman–Crippen LogP) is 3.32. The van der Waals surface area contributed by atoms with Crippen LogP contribution in [0.25, 0.3) is 10.9 Å². The van der Waals surface area contributed by atoms with E-state index in [2.05, 4.69) is 15.3 Å². The zero-order chi connectivity index (χ0) is 12.4. The Balaban J connectivity index is 1.93. The molecule has 0 saturated carbocycles. The van der Waals surface area contributed by atoms with Gasteiger partial charge in [-0.25, -0.2) is 4.98 Å². The first-order valence-corrected chi connectivity index (χ1v) is 5.70. The van der Waals surface area contributed by atoms with Crippen LogP contribution in [0.5, 0.6) is 5.75 Å². The van der Waals surface area contributed by atoms with Gasteiger partial charge in [0.1, 0.15) is 11.6 Å². The maximum absolute atomic E-state index is 5.13. The monoisotopic (exact) mass is 239 g/mol. The maximum Gasteiger partial charge on any atom is 0.139 e. The molecule has 0 amide bonds. The Labute approximate surface area is 105 Å². The van der Waals surface area contributed by atoms with Crippen molar-refractivity contribution in [3.8, 4) is 5.75 Å². The van der Waals surface area contributed by atoms with E-state index in [4.69, 9.17) is 4.74 Å². The zero-order valence-corrected chi connectivity index (χ0v) is 9.97. The molecule has 4 heteroatoms. The summed E-state index contributed by atoms with van der Waals surface area (Å²) < 4.78 is 5.13. The minimum Gasteiger partial charge on any atom is -0.497 e. The Morgan fingerprint density at radius 2 is 1.94 bits per heavy atom. The molecule has 0 aliphatic carbocycles. The molecular weight excluding hydrogens is 226 g/mol. The fourth-order valence-corrected chi connectivity index (χ4v) is 1.89. The number of ether oxygens (including phenoxy) is 1. The van der Waals surface area contributed by atoms with E-state index in [0.717, 1.165) is 28.2 Å². The van der Waals surface area contributed by atoms with Crippen molar-refractivity contribution in [3.05, 3.63) is 48.8 Å². The third-order valence-electron chi connectivity index (χ3n) is 2.83. The van der Waals surface area contributed by atoms with E-state index >= 15 is 0 Å². The van der Waals surface area contributed by atoms with Gasteiger partial charge in [0.2, 0.25) is 0 Å². The maximum atomic E-state index is 5.13. The molecule has 2 N–H and O–H groups in total. The summed E-state index contributed by atoms with van der Waals surface area (Å²) in [7, 11) is 1.66. The number of nitrogens with one attached hydrogen (secondary N) is 2. The van der Waals surface area contributed by atoms with Gasteiger partial charge in [0, 0.05) is 23.5 Å². The van der Waals surface area contributed by atoms with Crippen molar-refractivity contribution >= 4 is 22.4 Å². The Hall–Kier alpha value is -2.49. The van der Waals surface area contributed by atoms with E-state index in [1.807, 2.05) is 42.6 Å². The summed E-state index contributed by atoms with van der Waals surface area (Å²) >= 11 is 0. The fraction of sp³-hybridized carbons (Fsp3) is 0.0714. The average Bonchev–Trinajstić information content (AvgIpc) is 2.89. The van der Waals surface area contributed by atoms with Crippen LogP contribution >= 0.6 is 0 Å². The molecule has 0 unspecified atom stereocenters. The molecule has 2 heterocycles. The van der Waals surface area contributed by atoms with Gasteiger partial charge < -0.3 is 15.0 Å². The molecule has 4 nitrogen and oxygen atoms in total. The van der Waals surface area contributed by atoms with Crippen molar-refractivity contribution in [3.63, 3.8) is 0 Å². The highest BCUT2D eigenvalue weighted by Gasteiger charge is 2.03. The molecule has 1 aromatic carbocycles. The van der Waals surface area contributed by atoms with Crippen molar-refractivity contribution in [2.45, 2.75) is 0 Å². The number of aromatic nitrogens is 2. The average molecular weight is 239 g/mol. The van der Waals surface area contributed by atoms with Crippen LogP contribution in [0.4, 0.5) is 11.5 Å². The third-order valence-corrected chi connectivity index (χ3v) is 2.83. The number of pyridine rings is 1. The van der Waals surface area contributed by atoms with E-state index in [0.29, 0.717) is 0 Å². The van der Waals surface area contributed by atoms with E-state index < -0.39 is 0 Å². The molecule has 18 heavy (non-hydrogen) atoms. The molecular formula is C14H13N3O. The minimum absolute atomic E-state index is 0.841. The van der Waals surface area contributed by atoms with Crippen LogP contribution in [0.1, 0.15) is 0 Å². The lowest BCUT2D eigenvalue weighted by Crippen LogP contribution is -1.93. The first-order chi connectivity index (χ1) is 8.86. The van der Waals surface area contributed by atoms with Gasteiger partial charge in [-0.1, -0.05) is 0 Å². The van der Waals surface area contributed by atoms with Gasteiger partial charge in [-0.15, -0.1) is 0 Å². The van der Waals surface area contributed by atoms with E-state index in [-0.39, 0.29) is 0 Å². The van der Waals surface area contributed by atoms with Crippen molar-refractivity contribution in [2.24, 2.45) is 0 Å². The second kappa shape index (κ2) is 4.41. The van der Waals surface area contributed by atoms with Gasteiger partial charge in [0.15, 0.2) is 0 Å². The molecule has 90 valence electrons. The quantitative estimate of drug-likeness (QED) is 0.737. The normalized spacial score (nSPS) is 10.5. The van der Waals surface area contributed by atoms with Gasteiger partial charge in [0.25, 0.3) is 0 Å². The summed E-state index contributed by atoms with van der Waals surface area (Å²) in [5.74, 6) is 1.69. The predicted molar refractivity (Wildman–Crippen MR) is 72.4 cm³/mol.